The van der Waals surface area contributed by atoms with Crippen LogP contribution < -0.4 is 5.32 Å². The molecule has 2 aliphatic rings. The molecule has 2 heterocycles. The predicted octanol–water partition coefficient (Wildman–Crippen LogP) is 1.97. The largest absolute Gasteiger partial charge is 0.311 e. The van der Waals surface area contributed by atoms with Crippen LogP contribution >= 0.6 is 0 Å². The number of piperidine rings is 1. The SMILES string of the molecule is CCN(C1CC2CCC(C1)N2)S(=O)(=O)CCC(C)C. The van der Waals surface area contributed by atoms with Gasteiger partial charge in [0.05, 0.1) is 5.75 Å². The Morgan fingerprint density at radius 3 is 2.26 bits per heavy atom. The first kappa shape index (κ1) is 15.3. The zero-order valence-corrected chi connectivity index (χ0v) is 13.2. The molecule has 0 aromatic rings. The van der Waals surface area contributed by atoms with Crippen molar-refractivity contribution in [3.63, 3.8) is 0 Å². The molecule has 2 fully saturated rings. The summed E-state index contributed by atoms with van der Waals surface area (Å²) in [6.07, 6.45) is 5.17. The number of hydrogen-bond donors (Lipinski definition) is 1. The van der Waals surface area contributed by atoms with Crippen LogP contribution in [0.4, 0.5) is 0 Å². The fourth-order valence-corrected chi connectivity index (χ4v) is 5.47. The van der Waals surface area contributed by atoms with Crippen LogP contribution in [0.1, 0.15) is 52.9 Å². The molecule has 112 valence electrons. The molecule has 0 aromatic carbocycles. The molecule has 4 nitrogen and oxygen atoms in total. The van der Waals surface area contributed by atoms with Crippen molar-refractivity contribution in [3.8, 4) is 0 Å². The highest BCUT2D eigenvalue weighted by Crippen LogP contribution is 2.31. The average molecular weight is 288 g/mol. The molecule has 2 saturated heterocycles. The molecule has 2 atom stereocenters. The molecule has 2 unspecified atom stereocenters. The normalized spacial score (nSPS) is 31.3. The van der Waals surface area contributed by atoms with Crippen molar-refractivity contribution in [2.45, 2.75) is 71.0 Å². The molecule has 19 heavy (non-hydrogen) atoms. The Morgan fingerprint density at radius 1 is 1.21 bits per heavy atom. The number of fused-ring (bicyclic) bond motifs is 2. The van der Waals surface area contributed by atoms with Crippen LogP contribution in [0.25, 0.3) is 0 Å². The van der Waals surface area contributed by atoms with Gasteiger partial charge in [-0.15, -0.1) is 0 Å². The summed E-state index contributed by atoms with van der Waals surface area (Å²) in [6, 6.07) is 1.30. The molecule has 2 rings (SSSR count). The van der Waals surface area contributed by atoms with Crippen molar-refractivity contribution in [1.82, 2.24) is 9.62 Å². The van der Waals surface area contributed by atoms with Gasteiger partial charge >= 0.3 is 0 Å². The summed E-state index contributed by atoms with van der Waals surface area (Å²) >= 11 is 0. The molecule has 0 spiro atoms. The van der Waals surface area contributed by atoms with Gasteiger partial charge in [-0.05, 0) is 38.0 Å². The highest BCUT2D eigenvalue weighted by molar-refractivity contribution is 7.89. The van der Waals surface area contributed by atoms with E-state index in [0.717, 1.165) is 19.3 Å². The zero-order chi connectivity index (χ0) is 14.0. The van der Waals surface area contributed by atoms with E-state index >= 15 is 0 Å². The van der Waals surface area contributed by atoms with E-state index in [2.05, 4.69) is 19.2 Å². The van der Waals surface area contributed by atoms with Crippen molar-refractivity contribution in [1.29, 1.82) is 0 Å². The van der Waals surface area contributed by atoms with Gasteiger partial charge in [0.15, 0.2) is 0 Å². The minimum absolute atomic E-state index is 0.223. The van der Waals surface area contributed by atoms with Gasteiger partial charge in [-0.25, -0.2) is 8.42 Å². The molecule has 2 bridgehead atoms. The topological polar surface area (TPSA) is 49.4 Å². The van der Waals surface area contributed by atoms with E-state index in [4.69, 9.17) is 0 Å². The third kappa shape index (κ3) is 3.70. The second-order valence-corrected chi connectivity index (χ2v) is 8.51. The van der Waals surface area contributed by atoms with E-state index in [1.165, 1.54) is 12.8 Å². The lowest BCUT2D eigenvalue weighted by atomic mass is 10.00. The number of nitrogens with zero attached hydrogens (tertiary/aromatic N) is 1. The van der Waals surface area contributed by atoms with Crippen molar-refractivity contribution in [2.75, 3.05) is 12.3 Å². The number of hydrogen-bond acceptors (Lipinski definition) is 3. The smallest absolute Gasteiger partial charge is 0.214 e. The third-order valence-corrected chi connectivity index (χ3v) is 6.50. The summed E-state index contributed by atoms with van der Waals surface area (Å²) in [5, 5.41) is 3.58. The Morgan fingerprint density at radius 2 is 1.79 bits per heavy atom. The number of rotatable bonds is 6. The van der Waals surface area contributed by atoms with Gasteiger partial charge in [-0.3, -0.25) is 0 Å². The maximum Gasteiger partial charge on any atom is 0.214 e. The fraction of sp³-hybridized carbons (Fsp3) is 1.00. The maximum absolute atomic E-state index is 12.5. The summed E-state index contributed by atoms with van der Waals surface area (Å²) in [5.41, 5.74) is 0. The molecule has 0 radical (unpaired) electrons. The van der Waals surface area contributed by atoms with E-state index in [9.17, 15) is 8.42 Å². The van der Waals surface area contributed by atoms with Crippen LogP contribution in [-0.2, 0) is 10.0 Å². The first-order valence-corrected chi connectivity index (χ1v) is 9.29. The summed E-state index contributed by atoms with van der Waals surface area (Å²) in [4.78, 5) is 0. The number of nitrogens with one attached hydrogen (secondary N) is 1. The summed E-state index contributed by atoms with van der Waals surface area (Å²) in [5.74, 6) is 0.746. The molecule has 0 saturated carbocycles. The van der Waals surface area contributed by atoms with E-state index in [1.54, 1.807) is 4.31 Å². The Labute approximate surface area is 118 Å². The maximum atomic E-state index is 12.5. The summed E-state index contributed by atoms with van der Waals surface area (Å²) < 4.78 is 26.8. The standard InChI is InChI=1S/C14H28N2O2S/c1-4-16(19(17,18)8-7-11(2)3)14-9-12-5-6-13(10-14)15-12/h11-15H,4-10H2,1-3H3. The lowest BCUT2D eigenvalue weighted by Gasteiger charge is -2.36. The first-order chi connectivity index (χ1) is 8.92. The minimum Gasteiger partial charge on any atom is -0.311 e. The van der Waals surface area contributed by atoms with Gasteiger partial charge in [0, 0.05) is 24.7 Å². The first-order valence-electron chi connectivity index (χ1n) is 7.68. The van der Waals surface area contributed by atoms with Crippen LogP contribution in [0.5, 0.6) is 0 Å². The summed E-state index contributed by atoms with van der Waals surface area (Å²) in [6.45, 7) is 6.74. The van der Waals surface area contributed by atoms with Crippen LogP contribution in [0.3, 0.4) is 0 Å². The third-order valence-electron chi connectivity index (χ3n) is 4.48. The van der Waals surface area contributed by atoms with E-state index < -0.39 is 10.0 Å². The molecule has 0 aromatic heterocycles. The van der Waals surface area contributed by atoms with Gasteiger partial charge in [-0.2, -0.15) is 4.31 Å². The van der Waals surface area contributed by atoms with Crippen molar-refractivity contribution in [3.05, 3.63) is 0 Å². The number of sulfonamides is 1. The Balaban J connectivity index is 2.02. The average Bonchev–Trinajstić information content (AvgIpc) is 2.67. The lowest BCUT2D eigenvalue weighted by molar-refractivity contribution is 0.232. The molecule has 2 aliphatic heterocycles. The van der Waals surface area contributed by atoms with Gasteiger partial charge < -0.3 is 5.32 Å². The van der Waals surface area contributed by atoms with E-state index in [0.29, 0.717) is 30.3 Å². The Hall–Kier alpha value is -0.130. The van der Waals surface area contributed by atoms with Gasteiger partial charge in [0.1, 0.15) is 0 Å². The quantitative estimate of drug-likeness (QED) is 0.813. The molecule has 0 aliphatic carbocycles. The van der Waals surface area contributed by atoms with Gasteiger partial charge in [0.2, 0.25) is 10.0 Å². The molecular formula is C14H28N2O2S. The highest BCUT2D eigenvalue weighted by atomic mass is 32.2. The van der Waals surface area contributed by atoms with Crippen molar-refractivity contribution >= 4 is 10.0 Å². The zero-order valence-electron chi connectivity index (χ0n) is 12.4. The monoisotopic (exact) mass is 288 g/mol. The Bertz CT molecular complexity index is 382. The highest BCUT2D eigenvalue weighted by Gasteiger charge is 2.39. The van der Waals surface area contributed by atoms with Crippen LogP contribution in [-0.4, -0.2) is 43.1 Å². The fourth-order valence-electron chi connectivity index (χ4n) is 3.45. The second kappa shape index (κ2) is 6.10. The van der Waals surface area contributed by atoms with Crippen LogP contribution in [0, 0.1) is 5.92 Å². The van der Waals surface area contributed by atoms with Gasteiger partial charge in [0.25, 0.3) is 0 Å². The molecular weight excluding hydrogens is 260 g/mol. The predicted molar refractivity (Wildman–Crippen MR) is 78.6 cm³/mol. The van der Waals surface area contributed by atoms with Crippen molar-refractivity contribution < 1.29 is 8.42 Å². The van der Waals surface area contributed by atoms with Crippen molar-refractivity contribution in [2.24, 2.45) is 5.92 Å². The molecule has 1 N–H and O–H groups in total. The van der Waals surface area contributed by atoms with E-state index in [1.807, 2.05) is 6.92 Å². The van der Waals surface area contributed by atoms with Gasteiger partial charge in [-0.1, -0.05) is 20.8 Å². The molecule has 0 amide bonds. The second-order valence-electron chi connectivity index (χ2n) is 6.46. The van der Waals surface area contributed by atoms with Crippen LogP contribution in [0.15, 0.2) is 0 Å². The molecule has 5 heteroatoms. The minimum atomic E-state index is -3.08. The van der Waals surface area contributed by atoms with Crippen LogP contribution in [0.2, 0.25) is 0 Å². The van der Waals surface area contributed by atoms with E-state index in [-0.39, 0.29) is 6.04 Å². The summed E-state index contributed by atoms with van der Waals surface area (Å²) in [7, 11) is -3.08. The lowest BCUT2D eigenvalue weighted by Crippen LogP contribution is -2.50. The Kier molecular flexibility index (Phi) is 4.90.